The smallest absolute Gasteiger partial charge is 0.303 e. The van der Waals surface area contributed by atoms with Gasteiger partial charge in [-0.3, -0.25) is 4.79 Å². The molecule has 0 aliphatic heterocycles. The lowest BCUT2D eigenvalue weighted by Gasteiger charge is -1.89. The van der Waals surface area contributed by atoms with Crippen LogP contribution in [0.1, 0.15) is 45.1 Å². The van der Waals surface area contributed by atoms with Crippen LogP contribution >= 0.6 is 0 Å². The van der Waals surface area contributed by atoms with Crippen molar-refractivity contribution in [2.75, 3.05) is 0 Å². The largest absolute Gasteiger partial charge is 0.481 e. The van der Waals surface area contributed by atoms with Crippen LogP contribution in [0.25, 0.3) is 0 Å². The number of hydrogen-bond donors (Lipinski definition) is 1. The molecule has 0 spiro atoms. The number of carboxylic acid groups (broad SMARTS) is 1. The number of benzene rings is 1. The van der Waals surface area contributed by atoms with Gasteiger partial charge in [0, 0.05) is 6.42 Å². The topological polar surface area (TPSA) is 37.3 Å². The van der Waals surface area contributed by atoms with E-state index in [0.29, 0.717) is 6.42 Å². The van der Waals surface area contributed by atoms with Crippen molar-refractivity contribution in [3.05, 3.63) is 35.9 Å². The van der Waals surface area contributed by atoms with Crippen LogP contribution in [-0.4, -0.2) is 11.1 Å². The monoisotopic (exact) mass is 222 g/mol. The molecule has 0 saturated carbocycles. The number of rotatable bonds is 5. The normalized spacial score (nSPS) is 9.12. The van der Waals surface area contributed by atoms with Crippen LogP contribution in [0.5, 0.6) is 0 Å². The van der Waals surface area contributed by atoms with E-state index in [9.17, 15) is 4.79 Å². The molecule has 0 bridgehead atoms. The zero-order valence-corrected chi connectivity index (χ0v) is 10.3. The number of aryl methyl sites for hydroxylation is 1. The van der Waals surface area contributed by atoms with Crippen LogP contribution in [0.4, 0.5) is 0 Å². The minimum Gasteiger partial charge on any atom is -0.481 e. The Morgan fingerprint density at radius 3 is 2.12 bits per heavy atom. The van der Waals surface area contributed by atoms with Crippen molar-refractivity contribution in [3.8, 4) is 0 Å². The maximum absolute atomic E-state index is 9.87. The minimum absolute atomic E-state index is 0.327. The Bertz CT molecular complexity index is 267. The minimum atomic E-state index is -0.682. The summed E-state index contributed by atoms with van der Waals surface area (Å²) in [5.74, 6) is -0.682. The van der Waals surface area contributed by atoms with Crippen molar-refractivity contribution in [2.45, 2.75) is 46.0 Å². The number of unbranched alkanes of at least 4 members (excludes halogenated alkanes) is 2. The molecule has 0 aromatic heterocycles. The highest BCUT2D eigenvalue weighted by Crippen LogP contribution is 1.97. The second kappa shape index (κ2) is 10.2. The maximum atomic E-state index is 9.87. The summed E-state index contributed by atoms with van der Waals surface area (Å²) in [6.45, 7) is 4.22. The average molecular weight is 222 g/mol. The first-order chi connectivity index (χ1) is 7.70. The van der Waals surface area contributed by atoms with E-state index in [0.717, 1.165) is 25.7 Å². The Balaban J connectivity index is 0.000000281. The molecule has 0 unspecified atom stereocenters. The summed E-state index contributed by atoms with van der Waals surface area (Å²) >= 11 is 0. The van der Waals surface area contributed by atoms with E-state index in [1.807, 2.05) is 6.07 Å². The Labute approximate surface area is 98.3 Å². The van der Waals surface area contributed by atoms with Gasteiger partial charge in [0.25, 0.3) is 0 Å². The highest BCUT2D eigenvalue weighted by Gasteiger charge is 1.92. The number of hydrogen-bond acceptors (Lipinski definition) is 1. The highest BCUT2D eigenvalue weighted by molar-refractivity contribution is 5.66. The Kier molecular flexibility index (Phi) is 9.38. The van der Waals surface area contributed by atoms with Gasteiger partial charge in [0.15, 0.2) is 0 Å². The van der Waals surface area contributed by atoms with Gasteiger partial charge < -0.3 is 5.11 Å². The van der Waals surface area contributed by atoms with Gasteiger partial charge in [-0.1, -0.05) is 57.0 Å². The molecule has 1 rings (SSSR count). The van der Waals surface area contributed by atoms with E-state index < -0.39 is 5.97 Å². The van der Waals surface area contributed by atoms with E-state index in [2.05, 4.69) is 38.1 Å². The summed E-state index contributed by atoms with van der Waals surface area (Å²) < 4.78 is 0. The quantitative estimate of drug-likeness (QED) is 0.767. The van der Waals surface area contributed by atoms with Crippen molar-refractivity contribution in [3.63, 3.8) is 0 Å². The molecular formula is C14H22O2. The molecule has 90 valence electrons. The number of carbonyl (C=O) groups is 1. The lowest BCUT2D eigenvalue weighted by Crippen LogP contribution is -1.92. The van der Waals surface area contributed by atoms with E-state index in [-0.39, 0.29) is 0 Å². The zero-order chi connectivity index (χ0) is 12.2. The van der Waals surface area contributed by atoms with Crippen LogP contribution in [0.3, 0.4) is 0 Å². The summed E-state index contributed by atoms with van der Waals surface area (Å²) in [7, 11) is 0. The average Bonchev–Trinajstić information content (AvgIpc) is 2.31. The number of aliphatic carboxylic acids is 1. The number of carboxylic acids is 1. The van der Waals surface area contributed by atoms with E-state index in [4.69, 9.17) is 5.11 Å². The zero-order valence-electron chi connectivity index (χ0n) is 10.3. The third-order valence-electron chi connectivity index (χ3n) is 2.25. The molecule has 0 saturated heterocycles. The van der Waals surface area contributed by atoms with Gasteiger partial charge in [0.1, 0.15) is 0 Å². The van der Waals surface area contributed by atoms with Crippen LogP contribution in [0, 0.1) is 0 Å². The summed E-state index contributed by atoms with van der Waals surface area (Å²) in [6.07, 6.45) is 4.42. The lowest BCUT2D eigenvalue weighted by molar-refractivity contribution is -0.137. The Morgan fingerprint density at radius 1 is 1.12 bits per heavy atom. The maximum Gasteiger partial charge on any atom is 0.303 e. The molecule has 1 aromatic carbocycles. The molecule has 0 amide bonds. The fraction of sp³-hybridized carbons (Fsp3) is 0.500. The van der Waals surface area contributed by atoms with Gasteiger partial charge in [0.05, 0.1) is 0 Å². The SMILES string of the molecule is CCCCCC(=O)O.CCc1ccccc1. The molecule has 2 nitrogen and oxygen atoms in total. The first kappa shape index (κ1) is 14.7. The molecule has 0 heterocycles. The highest BCUT2D eigenvalue weighted by atomic mass is 16.4. The second-order valence-electron chi connectivity index (χ2n) is 3.69. The molecule has 0 atom stereocenters. The molecule has 0 radical (unpaired) electrons. The second-order valence-corrected chi connectivity index (χ2v) is 3.69. The first-order valence-corrected chi connectivity index (χ1v) is 5.96. The van der Waals surface area contributed by atoms with Crippen LogP contribution in [0.2, 0.25) is 0 Å². The van der Waals surface area contributed by atoms with Gasteiger partial charge in [0.2, 0.25) is 0 Å². The van der Waals surface area contributed by atoms with Crippen LogP contribution < -0.4 is 0 Å². The van der Waals surface area contributed by atoms with Crippen molar-refractivity contribution in [1.29, 1.82) is 0 Å². The van der Waals surface area contributed by atoms with Crippen molar-refractivity contribution >= 4 is 5.97 Å². The molecule has 1 N–H and O–H groups in total. The van der Waals surface area contributed by atoms with E-state index >= 15 is 0 Å². The van der Waals surface area contributed by atoms with Gasteiger partial charge >= 0.3 is 5.97 Å². The van der Waals surface area contributed by atoms with Crippen molar-refractivity contribution in [1.82, 2.24) is 0 Å². The fourth-order valence-corrected chi connectivity index (χ4v) is 1.24. The molecule has 2 heteroatoms. The third kappa shape index (κ3) is 9.25. The molecule has 0 fully saturated rings. The third-order valence-corrected chi connectivity index (χ3v) is 2.25. The van der Waals surface area contributed by atoms with Gasteiger partial charge in [-0.2, -0.15) is 0 Å². The predicted octanol–water partition coefficient (Wildman–Crippen LogP) is 3.90. The molecular weight excluding hydrogens is 200 g/mol. The molecule has 1 aromatic rings. The summed E-state index contributed by atoms with van der Waals surface area (Å²) in [5.41, 5.74) is 1.41. The summed E-state index contributed by atoms with van der Waals surface area (Å²) in [5, 5.41) is 8.14. The van der Waals surface area contributed by atoms with E-state index in [1.54, 1.807) is 0 Å². The molecule has 16 heavy (non-hydrogen) atoms. The summed E-state index contributed by atoms with van der Waals surface area (Å²) in [6, 6.07) is 10.5. The first-order valence-electron chi connectivity index (χ1n) is 5.96. The van der Waals surface area contributed by atoms with Gasteiger partial charge in [-0.25, -0.2) is 0 Å². The molecule has 0 aliphatic rings. The van der Waals surface area contributed by atoms with Crippen molar-refractivity contribution < 1.29 is 9.90 Å². The van der Waals surface area contributed by atoms with Crippen molar-refractivity contribution in [2.24, 2.45) is 0 Å². The van der Waals surface area contributed by atoms with Crippen LogP contribution in [-0.2, 0) is 11.2 Å². The molecule has 0 aliphatic carbocycles. The van der Waals surface area contributed by atoms with Gasteiger partial charge in [-0.15, -0.1) is 0 Å². The predicted molar refractivity (Wildman–Crippen MR) is 67.6 cm³/mol. The standard InChI is InChI=1S/C8H10.C6H12O2/c1-2-8-6-4-3-5-7-8;1-2-3-4-5-6(7)8/h3-7H,2H2,1H3;2-5H2,1H3,(H,7,8). The van der Waals surface area contributed by atoms with Crippen LogP contribution in [0.15, 0.2) is 30.3 Å². The fourth-order valence-electron chi connectivity index (χ4n) is 1.24. The lowest BCUT2D eigenvalue weighted by atomic mass is 10.2. The van der Waals surface area contributed by atoms with E-state index in [1.165, 1.54) is 5.56 Å². The Hall–Kier alpha value is -1.31. The summed E-state index contributed by atoms with van der Waals surface area (Å²) in [4.78, 5) is 9.87. The van der Waals surface area contributed by atoms with Gasteiger partial charge in [-0.05, 0) is 18.4 Å². The Morgan fingerprint density at radius 2 is 1.75 bits per heavy atom.